The maximum absolute atomic E-state index is 10.7. The Labute approximate surface area is 87.7 Å². The molecule has 4 heteroatoms. The molecule has 0 aromatic carbocycles. The van der Waals surface area contributed by atoms with Crippen molar-refractivity contribution < 1.29 is 14.3 Å². The maximum atomic E-state index is 10.7. The molecule has 0 unspecified atom stereocenters. The fraction of sp³-hybridized carbons (Fsp3) is 0.500. The molecule has 1 rings (SSSR count). The minimum Gasteiger partial charge on any atom is -0.469 e. The van der Waals surface area contributed by atoms with Gasteiger partial charge in [-0.05, 0) is 17.9 Å². The second-order valence-corrected chi connectivity index (χ2v) is 3.84. The Balaban J connectivity index is 1.97. The van der Waals surface area contributed by atoms with Crippen LogP contribution in [0.2, 0.25) is 0 Å². The summed E-state index contributed by atoms with van der Waals surface area (Å²) in [5.74, 6) is -0.176. The van der Waals surface area contributed by atoms with Crippen molar-refractivity contribution in [3.8, 4) is 0 Å². The number of rotatable bonds is 6. The Hall–Kier alpha value is -0.870. The van der Waals surface area contributed by atoms with Crippen molar-refractivity contribution >= 4 is 17.3 Å². The average Bonchev–Trinajstić information content (AvgIpc) is 2.69. The van der Waals surface area contributed by atoms with Gasteiger partial charge >= 0.3 is 5.97 Å². The monoisotopic (exact) mass is 214 g/mol. The summed E-state index contributed by atoms with van der Waals surface area (Å²) in [6, 6.07) is 4.03. The molecule has 0 N–H and O–H groups in total. The molecule has 0 aliphatic rings. The zero-order valence-electron chi connectivity index (χ0n) is 8.19. The van der Waals surface area contributed by atoms with Crippen LogP contribution in [-0.4, -0.2) is 19.7 Å². The predicted molar refractivity (Wildman–Crippen MR) is 55.2 cm³/mol. The van der Waals surface area contributed by atoms with Crippen molar-refractivity contribution in [3.63, 3.8) is 0 Å². The maximum Gasteiger partial charge on any atom is 0.305 e. The van der Waals surface area contributed by atoms with Crippen molar-refractivity contribution in [2.75, 3.05) is 13.7 Å². The summed E-state index contributed by atoms with van der Waals surface area (Å²) in [5, 5.41) is 2.02. The van der Waals surface area contributed by atoms with Gasteiger partial charge in [-0.15, -0.1) is 11.3 Å². The summed E-state index contributed by atoms with van der Waals surface area (Å²) < 4.78 is 9.89. The molecule has 0 fully saturated rings. The highest BCUT2D eigenvalue weighted by atomic mass is 32.1. The third-order valence-corrected chi connectivity index (χ3v) is 2.57. The molecule has 0 spiro atoms. The van der Waals surface area contributed by atoms with Crippen molar-refractivity contribution in [1.82, 2.24) is 0 Å². The number of hydrogen-bond acceptors (Lipinski definition) is 4. The van der Waals surface area contributed by atoms with E-state index in [1.807, 2.05) is 17.5 Å². The molecule has 0 atom stereocenters. The van der Waals surface area contributed by atoms with Crippen LogP contribution in [-0.2, 0) is 20.9 Å². The standard InChI is InChI=1S/C10H14O3S/c1-12-10(11)5-2-6-13-8-9-4-3-7-14-9/h3-4,7H,2,5-6,8H2,1H3. The van der Waals surface area contributed by atoms with Crippen molar-refractivity contribution in [2.24, 2.45) is 0 Å². The number of carbonyl (C=O) groups is 1. The first kappa shape index (κ1) is 11.2. The highest BCUT2D eigenvalue weighted by Gasteiger charge is 1.99. The fourth-order valence-corrected chi connectivity index (χ4v) is 1.63. The van der Waals surface area contributed by atoms with Crippen LogP contribution in [0.5, 0.6) is 0 Å². The molecule has 0 aliphatic heterocycles. The fourth-order valence-electron chi connectivity index (χ4n) is 0.988. The van der Waals surface area contributed by atoms with Gasteiger partial charge in [0.1, 0.15) is 0 Å². The predicted octanol–water partition coefficient (Wildman–Crippen LogP) is 2.22. The lowest BCUT2D eigenvalue weighted by molar-refractivity contribution is -0.141. The van der Waals surface area contributed by atoms with E-state index in [2.05, 4.69) is 4.74 Å². The Bertz CT molecular complexity index is 256. The van der Waals surface area contributed by atoms with Crippen LogP contribution in [0.3, 0.4) is 0 Å². The summed E-state index contributed by atoms with van der Waals surface area (Å²) in [6.07, 6.45) is 1.15. The third-order valence-electron chi connectivity index (χ3n) is 1.72. The number of hydrogen-bond donors (Lipinski definition) is 0. The normalized spacial score (nSPS) is 10.1. The van der Waals surface area contributed by atoms with E-state index in [1.165, 1.54) is 12.0 Å². The van der Waals surface area contributed by atoms with Crippen LogP contribution in [0, 0.1) is 0 Å². The first-order valence-electron chi connectivity index (χ1n) is 4.50. The van der Waals surface area contributed by atoms with Crippen LogP contribution < -0.4 is 0 Å². The molecule has 78 valence electrons. The number of carbonyl (C=O) groups excluding carboxylic acids is 1. The van der Waals surface area contributed by atoms with Gasteiger partial charge in [0.05, 0.1) is 13.7 Å². The molecule has 0 bridgehead atoms. The van der Waals surface area contributed by atoms with Crippen molar-refractivity contribution in [1.29, 1.82) is 0 Å². The van der Waals surface area contributed by atoms with E-state index in [4.69, 9.17) is 4.74 Å². The van der Waals surface area contributed by atoms with Gasteiger partial charge in [0.2, 0.25) is 0 Å². The van der Waals surface area contributed by atoms with Gasteiger partial charge in [-0.3, -0.25) is 4.79 Å². The van der Waals surface area contributed by atoms with Crippen LogP contribution in [0.25, 0.3) is 0 Å². The molecular formula is C10H14O3S. The molecule has 3 nitrogen and oxygen atoms in total. The van der Waals surface area contributed by atoms with E-state index in [0.717, 1.165) is 6.42 Å². The molecule has 0 saturated carbocycles. The van der Waals surface area contributed by atoms with Gasteiger partial charge in [-0.2, -0.15) is 0 Å². The molecular weight excluding hydrogens is 200 g/mol. The Morgan fingerprint density at radius 2 is 2.43 bits per heavy atom. The van der Waals surface area contributed by atoms with Crippen molar-refractivity contribution in [2.45, 2.75) is 19.4 Å². The molecule has 14 heavy (non-hydrogen) atoms. The average molecular weight is 214 g/mol. The minimum absolute atomic E-state index is 0.176. The van der Waals surface area contributed by atoms with E-state index < -0.39 is 0 Å². The summed E-state index contributed by atoms with van der Waals surface area (Å²) in [4.78, 5) is 11.9. The molecule has 1 aromatic heterocycles. The number of methoxy groups -OCH3 is 1. The van der Waals surface area contributed by atoms with Crippen LogP contribution in [0.4, 0.5) is 0 Å². The van der Waals surface area contributed by atoms with E-state index in [-0.39, 0.29) is 5.97 Å². The molecule has 1 heterocycles. The summed E-state index contributed by atoms with van der Waals surface area (Å²) >= 11 is 1.68. The molecule has 0 radical (unpaired) electrons. The number of ether oxygens (including phenoxy) is 2. The van der Waals surface area contributed by atoms with E-state index >= 15 is 0 Å². The van der Waals surface area contributed by atoms with E-state index in [1.54, 1.807) is 11.3 Å². The lowest BCUT2D eigenvalue weighted by Gasteiger charge is -2.01. The second kappa shape index (κ2) is 6.56. The highest BCUT2D eigenvalue weighted by molar-refractivity contribution is 7.09. The lowest BCUT2D eigenvalue weighted by atomic mass is 10.3. The Morgan fingerprint density at radius 1 is 1.57 bits per heavy atom. The van der Waals surface area contributed by atoms with Gasteiger partial charge in [0, 0.05) is 17.9 Å². The minimum atomic E-state index is -0.176. The van der Waals surface area contributed by atoms with E-state index in [0.29, 0.717) is 19.6 Å². The number of thiophene rings is 1. The van der Waals surface area contributed by atoms with Crippen LogP contribution in [0.1, 0.15) is 17.7 Å². The van der Waals surface area contributed by atoms with Gasteiger partial charge in [-0.1, -0.05) is 6.07 Å². The molecule has 1 aromatic rings. The zero-order valence-corrected chi connectivity index (χ0v) is 9.01. The summed E-state index contributed by atoms with van der Waals surface area (Å²) in [5.41, 5.74) is 0. The second-order valence-electron chi connectivity index (χ2n) is 2.81. The highest BCUT2D eigenvalue weighted by Crippen LogP contribution is 2.09. The summed E-state index contributed by atoms with van der Waals surface area (Å²) in [7, 11) is 1.40. The quantitative estimate of drug-likeness (QED) is 0.538. The summed E-state index contributed by atoms with van der Waals surface area (Å²) in [6.45, 7) is 1.24. The first-order valence-corrected chi connectivity index (χ1v) is 5.38. The largest absolute Gasteiger partial charge is 0.469 e. The van der Waals surface area contributed by atoms with E-state index in [9.17, 15) is 4.79 Å². The molecule has 0 saturated heterocycles. The lowest BCUT2D eigenvalue weighted by Crippen LogP contribution is -2.02. The molecule has 0 aliphatic carbocycles. The Morgan fingerprint density at radius 3 is 3.07 bits per heavy atom. The Kier molecular flexibility index (Phi) is 5.25. The van der Waals surface area contributed by atoms with Gasteiger partial charge in [0.15, 0.2) is 0 Å². The zero-order chi connectivity index (χ0) is 10.2. The third kappa shape index (κ3) is 4.39. The van der Waals surface area contributed by atoms with Gasteiger partial charge < -0.3 is 9.47 Å². The smallest absolute Gasteiger partial charge is 0.305 e. The topological polar surface area (TPSA) is 35.5 Å². The van der Waals surface area contributed by atoms with Gasteiger partial charge in [0.25, 0.3) is 0 Å². The van der Waals surface area contributed by atoms with Crippen molar-refractivity contribution in [3.05, 3.63) is 22.4 Å². The molecule has 0 amide bonds. The SMILES string of the molecule is COC(=O)CCCOCc1cccs1. The number of esters is 1. The van der Waals surface area contributed by atoms with Gasteiger partial charge in [-0.25, -0.2) is 0 Å². The van der Waals surface area contributed by atoms with Crippen LogP contribution in [0.15, 0.2) is 17.5 Å². The van der Waals surface area contributed by atoms with Crippen LogP contribution >= 0.6 is 11.3 Å². The first-order chi connectivity index (χ1) is 6.83.